The normalized spacial score (nSPS) is 13.0. The molecule has 0 aliphatic carbocycles. The molecule has 0 saturated carbocycles. The molecule has 0 aliphatic rings. The molecule has 1 heterocycles. The summed E-state index contributed by atoms with van der Waals surface area (Å²) in [6, 6.07) is 3.17. The fraction of sp³-hybridized carbons (Fsp3) is 0.538. The first kappa shape index (κ1) is 14.6. The Labute approximate surface area is 106 Å². The first-order valence-electron chi connectivity index (χ1n) is 6.00. The van der Waals surface area contributed by atoms with Crippen molar-refractivity contribution in [3.05, 3.63) is 29.8 Å². The number of hydrogen-bond acceptors (Lipinski definition) is 3. The van der Waals surface area contributed by atoms with Gasteiger partial charge in [-0.2, -0.15) is 0 Å². The van der Waals surface area contributed by atoms with Crippen molar-refractivity contribution >= 4 is 5.97 Å². The second kappa shape index (κ2) is 6.44. The molecule has 0 spiro atoms. The summed E-state index contributed by atoms with van der Waals surface area (Å²) in [6.45, 7) is 6.40. The van der Waals surface area contributed by atoms with Gasteiger partial charge in [-0.25, -0.2) is 4.39 Å². The van der Waals surface area contributed by atoms with Gasteiger partial charge in [0.2, 0.25) is 0 Å². The number of carbonyl (C=O) groups is 1. The lowest BCUT2D eigenvalue weighted by Gasteiger charge is -2.31. The second-order valence-electron chi connectivity index (χ2n) is 4.55. The number of pyridine rings is 1. The van der Waals surface area contributed by atoms with Crippen molar-refractivity contribution in [2.45, 2.75) is 39.3 Å². The van der Waals surface area contributed by atoms with E-state index in [2.05, 4.69) is 4.98 Å². The van der Waals surface area contributed by atoms with E-state index in [1.54, 1.807) is 6.07 Å². The third-order valence-electron chi connectivity index (χ3n) is 2.92. The highest BCUT2D eigenvalue weighted by Crippen LogP contribution is 2.21. The Kier molecular flexibility index (Phi) is 5.22. The van der Waals surface area contributed by atoms with Crippen LogP contribution in [0.15, 0.2) is 18.3 Å². The fourth-order valence-electron chi connectivity index (χ4n) is 1.93. The van der Waals surface area contributed by atoms with Gasteiger partial charge in [0.15, 0.2) is 0 Å². The molecule has 0 amide bonds. The first-order valence-corrected chi connectivity index (χ1v) is 6.00. The van der Waals surface area contributed by atoms with E-state index in [0.717, 1.165) is 5.69 Å². The van der Waals surface area contributed by atoms with Crippen molar-refractivity contribution in [3.63, 3.8) is 0 Å². The van der Waals surface area contributed by atoms with E-state index in [1.807, 2.05) is 25.7 Å². The van der Waals surface area contributed by atoms with Gasteiger partial charge in [0, 0.05) is 18.6 Å². The Morgan fingerprint density at radius 3 is 2.56 bits per heavy atom. The number of nitrogens with zero attached hydrogens (tertiary/aromatic N) is 2. The second-order valence-corrected chi connectivity index (χ2v) is 4.55. The molecule has 0 aromatic carbocycles. The van der Waals surface area contributed by atoms with Crippen molar-refractivity contribution in [1.29, 1.82) is 0 Å². The molecule has 4 nitrogen and oxygen atoms in total. The minimum absolute atomic E-state index is 0.0371. The monoisotopic (exact) mass is 254 g/mol. The molecule has 18 heavy (non-hydrogen) atoms. The molecule has 100 valence electrons. The van der Waals surface area contributed by atoms with Gasteiger partial charge in [0.25, 0.3) is 0 Å². The molecule has 0 bridgehead atoms. The van der Waals surface area contributed by atoms with E-state index in [1.165, 1.54) is 12.3 Å². The highest BCUT2D eigenvalue weighted by molar-refractivity contribution is 5.66. The molecule has 1 aromatic heterocycles. The van der Waals surface area contributed by atoms with Crippen LogP contribution in [0.3, 0.4) is 0 Å². The molecular formula is C13H19FN2O2. The lowest BCUT2D eigenvalue weighted by Crippen LogP contribution is -2.35. The molecule has 5 heteroatoms. The number of rotatable bonds is 6. The van der Waals surface area contributed by atoms with E-state index in [4.69, 9.17) is 5.11 Å². The fourth-order valence-corrected chi connectivity index (χ4v) is 1.93. The Bertz CT molecular complexity index is 392. The summed E-state index contributed by atoms with van der Waals surface area (Å²) in [6.07, 6.45) is 1.27. The molecule has 0 aliphatic heterocycles. The number of aliphatic carboxylic acids is 1. The predicted octanol–water partition coefficient (Wildman–Crippen LogP) is 2.47. The molecule has 1 atom stereocenters. The Morgan fingerprint density at radius 2 is 2.11 bits per heavy atom. The number of carboxylic acids is 1. The van der Waals surface area contributed by atoms with Crippen molar-refractivity contribution in [2.75, 3.05) is 6.54 Å². The van der Waals surface area contributed by atoms with E-state index in [-0.39, 0.29) is 24.3 Å². The zero-order chi connectivity index (χ0) is 13.7. The van der Waals surface area contributed by atoms with Crippen LogP contribution >= 0.6 is 0 Å². The standard InChI is InChI=1S/C13H19FN2O2/c1-9(2)16(7-6-13(17)18)10(3)12-5-4-11(14)8-15-12/h4-5,8-10H,6-7H2,1-3H3,(H,17,18). The summed E-state index contributed by atoms with van der Waals surface area (Å²) in [7, 11) is 0. The maximum absolute atomic E-state index is 12.8. The van der Waals surface area contributed by atoms with Gasteiger partial charge >= 0.3 is 5.97 Å². The summed E-state index contributed by atoms with van der Waals surface area (Å²) in [4.78, 5) is 16.7. The largest absolute Gasteiger partial charge is 0.481 e. The Hall–Kier alpha value is -1.49. The average Bonchev–Trinajstić information content (AvgIpc) is 2.29. The van der Waals surface area contributed by atoms with Crippen LogP contribution < -0.4 is 0 Å². The molecule has 1 unspecified atom stereocenters. The highest BCUT2D eigenvalue weighted by Gasteiger charge is 2.20. The zero-order valence-electron chi connectivity index (χ0n) is 10.9. The third kappa shape index (κ3) is 4.07. The third-order valence-corrected chi connectivity index (χ3v) is 2.92. The summed E-state index contributed by atoms with van der Waals surface area (Å²) in [5, 5.41) is 8.74. The number of aromatic nitrogens is 1. The van der Waals surface area contributed by atoms with E-state index >= 15 is 0 Å². The van der Waals surface area contributed by atoms with Crippen LogP contribution in [0.4, 0.5) is 4.39 Å². The molecule has 1 aromatic rings. The van der Waals surface area contributed by atoms with Crippen LogP contribution in [0.25, 0.3) is 0 Å². The molecule has 1 N–H and O–H groups in total. The summed E-state index contributed by atoms with van der Waals surface area (Å²) >= 11 is 0. The van der Waals surface area contributed by atoms with Crippen molar-refractivity contribution in [1.82, 2.24) is 9.88 Å². The maximum atomic E-state index is 12.8. The van der Waals surface area contributed by atoms with Gasteiger partial charge in [-0.1, -0.05) is 0 Å². The van der Waals surface area contributed by atoms with Gasteiger partial charge in [0.05, 0.1) is 18.3 Å². The predicted molar refractivity (Wildman–Crippen MR) is 66.7 cm³/mol. The molecule has 0 saturated heterocycles. The number of carboxylic acid groups (broad SMARTS) is 1. The number of hydrogen-bond donors (Lipinski definition) is 1. The van der Waals surface area contributed by atoms with Gasteiger partial charge in [-0.15, -0.1) is 0 Å². The van der Waals surface area contributed by atoms with Crippen molar-refractivity contribution in [3.8, 4) is 0 Å². The minimum atomic E-state index is -0.820. The van der Waals surface area contributed by atoms with Gasteiger partial charge in [-0.05, 0) is 32.9 Å². The Morgan fingerprint density at radius 1 is 1.44 bits per heavy atom. The molecule has 1 rings (SSSR count). The molecular weight excluding hydrogens is 235 g/mol. The topological polar surface area (TPSA) is 53.4 Å². The number of halogens is 1. The average molecular weight is 254 g/mol. The van der Waals surface area contributed by atoms with E-state index < -0.39 is 5.97 Å². The van der Waals surface area contributed by atoms with Crippen LogP contribution in [0.1, 0.15) is 38.9 Å². The quantitative estimate of drug-likeness (QED) is 0.847. The lowest BCUT2D eigenvalue weighted by atomic mass is 10.1. The summed E-state index contributed by atoms with van der Waals surface area (Å²) in [5.41, 5.74) is 0.746. The van der Waals surface area contributed by atoms with Crippen LogP contribution in [0, 0.1) is 5.82 Å². The zero-order valence-corrected chi connectivity index (χ0v) is 10.9. The van der Waals surface area contributed by atoms with Gasteiger partial charge in [-0.3, -0.25) is 14.7 Å². The first-order chi connectivity index (χ1) is 8.41. The van der Waals surface area contributed by atoms with Gasteiger partial charge in [0.1, 0.15) is 5.82 Å². The van der Waals surface area contributed by atoms with Crippen LogP contribution in [0.5, 0.6) is 0 Å². The van der Waals surface area contributed by atoms with Crippen molar-refractivity contribution in [2.24, 2.45) is 0 Å². The minimum Gasteiger partial charge on any atom is -0.481 e. The SMILES string of the molecule is CC(C)N(CCC(=O)O)C(C)c1ccc(F)cn1. The van der Waals surface area contributed by atoms with Crippen LogP contribution in [-0.2, 0) is 4.79 Å². The smallest absolute Gasteiger partial charge is 0.304 e. The van der Waals surface area contributed by atoms with E-state index in [0.29, 0.717) is 6.54 Å². The van der Waals surface area contributed by atoms with Gasteiger partial charge < -0.3 is 5.11 Å². The lowest BCUT2D eigenvalue weighted by molar-refractivity contribution is -0.137. The highest BCUT2D eigenvalue weighted by atomic mass is 19.1. The Balaban J connectivity index is 2.78. The summed E-state index contributed by atoms with van der Waals surface area (Å²) < 4.78 is 12.8. The van der Waals surface area contributed by atoms with Crippen molar-refractivity contribution < 1.29 is 14.3 Å². The molecule has 0 radical (unpaired) electrons. The molecule has 0 fully saturated rings. The summed E-state index contributed by atoms with van der Waals surface area (Å²) in [5.74, 6) is -1.19. The van der Waals surface area contributed by atoms with Crippen LogP contribution in [0.2, 0.25) is 0 Å². The van der Waals surface area contributed by atoms with E-state index in [9.17, 15) is 9.18 Å². The van der Waals surface area contributed by atoms with Crippen LogP contribution in [-0.4, -0.2) is 33.5 Å². The maximum Gasteiger partial charge on any atom is 0.304 e.